The van der Waals surface area contributed by atoms with Crippen molar-refractivity contribution in [2.24, 2.45) is 0 Å². The Hall–Kier alpha value is -2.80. The van der Waals surface area contributed by atoms with E-state index in [1.165, 1.54) is 36.0 Å². The van der Waals surface area contributed by atoms with Crippen molar-refractivity contribution in [2.45, 2.75) is 10.8 Å². The monoisotopic (exact) mass is 354 g/mol. The van der Waals surface area contributed by atoms with Gasteiger partial charge in [0.05, 0.1) is 0 Å². The van der Waals surface area contributed by atoms with E-state index in [-0.39, 0.29) is 11.6 Å². The number of halogens is 2. The van der Waals surface area contributed by atoms with Crippen LogP contribution in [0.25, 0.3) is 17.0 Å². The van der Waals surface area contributed by atoms with E-state index in [0.717, 1.165) is 16.2 Å². The highest BCUT2D eigenvalue weighted by atomic mass is 32.2. The van der Waals surface area contributed by atoms with Gasteiger partial charge in [0.25, 0.3) is 0 Å². The first-order chi connectivity index (χ1) is 12.2. The Morgan fingerprint density at radius 1 is 0.880 bits per heavy atom. The van der Waals surface area contributed by atoms with Crippen LogP contribution in [-0.4, -0.2) is 19.8 Å². The third-order valence-electron chi connectivity index (χ3n) is 3.62. The van der Waals surface area contributed by atoms with Crippen molar-refractivity contribution in [3.8, 4) is 11.4 Å². The molecule has 25 heavy (non-hydrogen) atoms. The zero-order valence-electron chi connectivity index (χ0n) is 12.9. The standard InChI is InChI=1S/C18H12F2N4S/c19-14-6-4-13(5-7-14)18-22-21-16-8-9-17(23-24(16)18)25-11-12-2-1-3-15(20)10-12/h1-10H,11H2. The molecule has 4 aromatic rings. The van der Waals surface area contributed by atoms with Gasteiger partial charge in [0.1, 0.15) is 16.7 Å². The lowest BCUT2D eigenvalue weighted by atomic mass is 10.2. The fourth-order valence-electron chi connectivity index (χ4n) is 2.41. The van der Waals surface area contributed by atoms with E-state index in [4.69, 9.17) is 0 Å². The van der Waals surface area contributed by atoms with Gasteiger partial charge in [-0.3, -0.25) is 0 Å². The molecule has 0 aliphatic carbocycles. The van der Waals surface area contributed by atoms with Crippen LogP contribution in [0.2, 0.25) is 0 Å². The van der Waals surface area contributed by atoms with Gasteiger partial charge in [-0.2, -0.15) is 9.61 Å². The van der Waals surface area contributed by atoms with Gasteiger partial charge in [0, 0.05) is 11.3 Å². The number of thioether (sulfide) groups is 1. The first kappa shape index (κ1) is 15.7. The van der Waals surface area contributed by atoms with E-state index < -0.39 is 0 Å². The Morgan fingerprint density at radius 3 is 2.52 bits per heavy atom. The van der Waals surface area contributed by atoms with Gasteiger partial charge in [0.15, 0.2) is 11.5 Å². The molecular weight excluding hydrogens is 342 g/mol. The fraction of sp³-hybridized carbons (Fsp3) is 0.0556. The average Bonchev–Trinajstić information content (AvgIpc) is 3.04. The lowest BCUT2D eigenvalue weighted by Gasteiger charge is -2.04. The molecule has 0 aliphatic rings. The van der Waals surface area contributed by atoms with Crippen molar-refractivity contribution in [1.29, 1.82) is 0 Å². The van der Waals surface area contributed by atoms with Gasteiger partial charge in [0.2, 0.25) is 0 Å². The van der Waals surface area contributed by atoms with Crippen molar-refractivity contribution in [2.75, 3.05) is 0 Å². The maximum absolute atomic E-state index is 13.3. The molecule has 4 nitrogen and oxygen atoms in total. The van der Waals surface area contributed by atoms with E-state index in [1.54, 1.807) is 22.7 Å². The van der Waals surface area contributed by atoms with Crippen molar-refractivity contribution in [3.63, 3.8) is 0 Å². The number of hydrogen-bond acceptors (Lipinski definition) is 4. The van der Waals surface area contributed by atoms with E-state index in [2.05, 4.69) is 15.3 Å². The summed E-state index contributed by atoms with van der Waals surface area (Å²) in [5.41, 5.74) is 2.22. The molecule has 0 N–H and O–H groups in total. The zero-order valence-corrected chi connectivity index (χ0v) is 13.8. The molecule has 0 saturated heterocycles. The molecular formula is C18H12F2N4S. The van der Waals surface area contributed by atoms with Crippen LogP contribution in [0.15, 0.2) is 65.7 Å². The van der Waals surface area contributed by atoms with Crippen molar-refractivity contribution in [1.82, 2.24) is 19.8 Å². The molecule has 7 heteroatoms. The van der Waals surface area contributed by atoms with Gasteiger partial charge in [-0.1, -0.05) is 23.9 Å². The summed E-state index contributed by atoms with van der Waals surface area (Å²) in [7, 11) is 0. The molecule has 0 radical (unpaired) electrons. The predicted molar refractivity (Wildman–Crippen MR) is 92.1 cm³/mol. The Kier molecular flexibility index (Phi) is 4.15. The van der Waals surface area contributed by atoms with Crippen molar-refractivity contribution >= 4 is 17.4 Å². The van der Waals surface area contributed by atoms with Crippen LogP contribution in [0.3, 0.4) is 0 Å². The predicted octanol–water partition coefficient (Wildman–Crippen LogP) is 4.36. The number of rotatable bonds is 4. The number of aromatic nitrogens is 4. The van der Waals surface area contributed by atoms with Crippen molar-refractivity contribution in [3.05, 3.63) is 77.9 Å². The minimum Gasteiger partial charge on any atom is -0.207 e. The second-order valence-electron chi connectivity index (χ2n) is 5.39. The summed E-state index contributed by atoms with van der Waals surface area (Å²) >= 11 is 1.49. The normalized spacial score (nSPS) is 11.1. The van der Waals surface area contributed by atoms with E-state index >= 15 is 0 Å². The highest BCUT2D eigenvalue weighted by Crippen LogP contribution is 2.23. The van der Waals surface area contributed by atoms with Gasteiger partial charge in [-0.25, -0.2) is 8.78 Å². The quantitative estimate of drug-likeness (QED) is 0.511. The largest absolute Gasteiger partial charge is 0.207 e. The number of benzene rings is 2. The third-order valence-corrected chi connectivity index (χ3v) is 4.61. The first-order valence-electron chi connectivity index (χ1n) is 7.55. The summed E-state index contributed by atoms with van der Waals surface area (Å²) in [6.07, 6.45) is 0. The lowest BCUT2D eigenvalue weighted by Crippen LogP contribution is -1.97. The van der Waals surface area contributed by atoms with Crippen LogP contribution in [0, 0.1) is 11.6 Å². The minimum atomic E-state index is -0.308. The molecule has 2 heterocycles. The van der Waals surface area contributed by atoms with Crippen molar-refractivity contribution < 1.29 is 8.78 Å². The van der Waals surface area contributed by atoms with Crippen LogP contribution in [0.4, 0.5) is 8.78 Å². The van der Waals surface area contributed by atoms with Crippen LogP contribution in [0.5, 0.6) is 0 Å². The summed E-state index contributed by atoms with van der Waals surface area (Å²) in [6, 6.07) is 16.2. The summed E-state index contributed by atoms with van der Waals surface area (Å²) in [4.78, 5) is 0. The molecule has 4 rings (SSSR count). The highest BCUT2D eigenvalue weighted by Gasteiger charge is 2.10. The molecule has 0 aliphatic heterocycles. The Morgan fingerprint density at radius 2 is 1.72 bits per heavy atom. The minimum absolute atomic E-state index is 0.251. The summed E-state index contributed by atoms with van der Waals surface area (Å²) in [5, 5.41) is 13.5. The van der Waals surface area contributed by atoms with Gasteiger partial charge < -0.3 is 0 Å². The summed E-state index contributed by atoms with van der Waals surface area (Å²) in [5.74, 6) is 0.587. The molecule has 0 atom stereocenters. The zero-order chi connectivity index (χ0) is 17.2. The lowest BCUT2D eigenvalue weighted by molar-refractivity contribution is 0.626. The van der Waals surface area contributed by atoms with Gasteiger partial charge in [-0.05, 0) is 54.1 Å². The number of fused-ring (bicyclic) bond motifs is 1. The topological polar surface area (TPSA) is 43.1 Å². The Labute approximate surface area is 146 Å². The highest BCUT2D eigenvalue weighted by molar-refractivity contribution is 7.98. The van der Waals surface area contributed by atoms with E-state index in [9.17, 15) is 8.78 Å². The molecule has 2 aromatic heterocycles. The summed E-state index contributed by atoms with van der Waals surface area (Å²) in [6.45, 7) is 0. The summed E-state index contributed by atoms with van der Waals surface area (Å²) < 4.78 is 28.0. The Bertz CT molecular complexity index is 1030. The van der Waals surface area contributed by atoms with Crippen LogP contribution in [-0.2, 0) is 5.75 Å². The van der Waals surface area contributed by atoms with Crippen LogP contribution < -0.4 is 0 Å². The molecule has 124 valence electrons. The smallest absolute Gasteiger partial charge is 0.185 e. The molecule has 2 aromatic carbocycles. The number of nitrogens with zero attached hydrogens (tertiary/aromatic N) is 4. The SMILES string of the molecule is Fc1ccc(-c2nnc3ccc(SCc4cccc(F)c4)nn23)cc1. The van der Waals surface area contributed by atoms with Gasteiger partial charge >= 0.3 is 0 Å². The third kappa shape index (κ3) is 3.36. The maximum Gasteiger partial charge on any atom is 0.185 e. The second kappa shape index (κ2) is 6.60. The molecule has 0 fully saturated rings. The molecule has 0 unspecified atom stereocenters. The fourth-order valence-corrected chi connectivity index (χ4v) is 3.21. The van der Waals surface area contributed by atoms with Gasteiger partial charge in [-0.15, -0.1) is 10.2 Å². The first-order valence-corrected chi connectivity index (χ1v) is 8.53. The average molecular weight is 354 g/mol. The van der Waals surface area contributed by atoms with Crippen LogP contribution >= 0.6 is 11.8 Å². The molecule has 0 saturated carbocycles. The molecule has 0 spiro atoms. The van der Waals surface area contributed by atoms with Crippen LogP contribution in [0.1, 0.15) is 5.56 Å². The van der Waals surface area contributed by atoms with E-state index in [0.29, 0.717) is 17.2 Å². The second-order valence-corrected chi connectivity index (χ2v) is 6.39. The number of hydrogen-bond donors (Lipinski definition) is 0. The van der Waals surface area contributed by atoms with E-state index in [1.807, 2.05) is 18.2 Å². The molecule has 0 bridgehead atoms. The molecule has 0 amide bonds. The Balaban J connectivity index is 1.63. The maximum atomic E-state index is 13.3.